The fourth-order valence-electron chi connectivity index (χ4n) is 6.66. The second kappa shape index (κ2) is 11.1. The van der Waals surface area contributed by atoms with E-state index in [1.165, 1.54) is 5.56 Å². The Balaban J connectivity index is 1.77. The first kappa shape index (κ1) is 36.4. The van der Waals surface area contributed by atoms with Gasteiger partial charge >= 0.3 is 28.5 Å². The molecule has 0 saturated carbocycles. The molecule has 1 aromatic carbocycles. The second-order valence-corrected chi connectivity index (χ2v) is 18.0. The van der Waals surface area contributed by atoms with Gasteiger partial charge in [0.05, 0.1) is 44.8 Å². The van der Waals surface area contributed by atoms with Gasteiger partial charge in [0.1, 0.15) is 0 Å². The normalized spacial score (nSPS) is 28.5. The molecule has 0 aliphatic carbocycles. The van der Waals surface area contributed by atoms with Crippen molar-refractivity contribution in [3.05, 3.63) is 35.9 Å². The summed E-state index contributed by atoms with van der Waals surface area (Å²) in [7, 11) is -3.07. The fraction of sp³-hybridized carbons (Fsp3) is 0.824. The first-order valence-electron chi connectivity index (χ1n) is 17.2. The first-order chi connectivity index (χ1) is 20.7. The van der Waals surface area contributed by atoms with Crippen LogP contribution in [-0.4, -0.2) is 73.3 Å². The molecule has 46 heavy (non-hydrogen) atoms. The van der Waals surface area contributed by atoms with E-state index < -0.39 is 84.2 Å². The largest absolute Gasteiger partial charge is 0.461 e. The molecule has 0 amide bonds. The highest BCUT2D eigenvalue weighted by molar-refractivity contribution is 6.81. The molecule has 4 fully saturated rings. The maximum absolute atomic E-state index is 7.07. The van der Waals surface area contributed by atoms with Crippen molar-refractivity contribution in [2.24, 2.45) is 0 Å². The van der Waals surface area contributed by atoms with Crippen LogP contribution in [0.1, 0.15) is 123 Å². The van der Waals surface area contributed by atoms with Crippen LogP contribution >= 0.6 is 0 Å². The minimum absolute atomic E-state index is 0.559. The maximum Gasteiger partial charge on any atom is 0.461 e. The van der Waals surface area contributed by atoms with E-state index in [2.05, 4.69) is 135 Å². The average molecular weight is 638 g/mol. The van der Waals surface area contributed by atoms with Crippen LogP contribution < -0.4 is 0 Å². The van der Waals surface area contributed by atoms with Crippen LogP contribution in [0.15, 0.2) is 30.3 Å². The van der Waals surface area contributed by atoms with Gasteiger partial charge < -0.3 is 37.2 Å². The Bertz CT molecular complexity index is 1140. The molecule has 0 atom stereocenters. The highest BCUT2D eigenvalue weighted by Crippen LogP contribution is 2.63. The van der Waals surface area contributed by atoms with Crippen molar-refractivity contribution in [2.45, 2.75) is 179 Å². The summed E-state index contributed by atoms with van der Waals surface area (Å²) in [6.07, 6.45) is 1.26. The van der Waals surface area contributed by atoms with E-state index in [0.29, 0.717) is 12.8 Å². The van der Waals surface area contributed by atoms with Gasteiger partial charge in [-0.15, -0.1) is 0 Å². The van der Waals surface area contributed by atoms with Gasteiger partial charge in [-0.25, -0.2) is 0 Å². The third-order valence-corrected chi connectivity index (χ3v) is 12.8. The van der Waals surface area contributed by atoms with Crippen molar-refractivity contribution < 1.29 is 37.2 Å². The molecule has 0 bridgehead atoms. The van der Waals surface area contributed by atoms with Crippen molar-refractivity contribution in [3.8, 4) is 0 Å². The Kier molecular flexibility index (Phi) is 8.78. The molecule has 1 aromatic rings. The molecule has 0 radical (unpaired) electrons. The summed E-state index contributed by atoms with van der Waals surface area (Å²) in [4.78, 5) is 0. The van der Waals surface area contributed by atoms with Crippen LogP contribution in [0.4, 0.5) is 0 Å². The molecule has 0 N–H and O–H groups in total. The Labute approximate surface area is 280 Å². The first-order valence-corrected chi connectivity index (χ1v) is 17.2. The van der Waals surface area contributed by atoms with Crippen LogP contribution in [0.5, 0.6) is 0 Å². The van der Waals surface area contributed by atoms with Crippen molar-refractivity contribution in [1.29, 1.82) is 0 Å². The smallest absolute Gasteiger partial charge is 0.403 e. The fourth-order valence-corrected chi connectivity index (χ4v) is 6.66. The summed E-state index contributed by atoms with van der Waals surface area (Å²) in [6, 6.07) is 10.5. The van der Waals surface area contributed by atoms with E-state index in [4.69, 9.17) is 37.2 Å². The lowest BCUT2D eigenvalue weighted by Crippen LogP contribution is -2.59. The summed E-state index contributed by atoms with van der Waals surface area (Å²) < 4.78 is 56.1. The van der Waals surface area contributed by atoms with Crippen LogP contribution in [0, 0.1) is 0 Å². The minimum atomic E-state index is -1.03. The molecule has 8 nitrogen and oxygen atoms in total. The summed E-state index contributed by atoms with van der Waals surface area (Å²) in [5.41, 5.74) is -4.39. The van der Waals surface area contributed by atoms with Gasteiger partial charge in [0, 0.05) is 10.9 Å². The minimum Gasteiger partial charge on any atom is -0.403 e. The van der Waals surface area contributed by atoms with Crippen LogP contribution in [0.3, 0.4) is 0 Å². The number of rotatable bonds is 8. The van der Waals surface area contributed by atoms with Gasteiger partial charge in [-0.2, -0.15) is 0 Å². The summed E-state index contributed by atoms with van der Waals surface area (Å²) in [5.74, 6) is 0. The molecule has 12 heteroatoms. The van der Waals surface area contributed by atoms with E-state index in [9.17, 15) is 0 Å². The Morgan fingerprint density at radius 1 is 0.457 bits per heavy atom. The maximum atomic E-state index is 7.07. The van der Waals surface area contributed by atoms with Gasteiger partial charge in [0.2, 0.25) is 0 Å². The molecular weight excluding hydrogens is 580 g/mol. The quantitative estimate of drug-likeness (QED) is 0.278. The molecule has 0 spiro atoms. The number of hydrogen-bond donors (Lipinski definition) is 0. The molecule has 5 rings (SSSR count). The zero-order valence-electron chi connectivity index (χ0n) is 31.5. The molecule has 4 aliphatic rings. The van der Waals surface area contributed by atoms with Crippen LogP contribution in [0.2, 0.25) is 10.9 Å². The van der Waals surface area contributed by atoms with Gasteiger partial charge in [0.15, 0.2) is 0 Å². The van der Waals surface area contributed by atoms with Crippen LogP contribution in [-0.2, 0) is 43.7 Å². The second-order valence-electron chi connectivity index (χ2n) is 18.0. The molecular formula is C34H58B4O8. The third-order valence-electron chi connectivity index (χ3n) is 12.8. The van der Waals surface area contributed by atoms with Crippen LogP contribution in [0.25, 0.3) is 0 Å². The van der Waals surface area contributed by atoms with E-state index >= 15 is 0 Å². The molecule has 4 saturated heterocycles. The average Bonchev–Trinajstić information content (AvgIpc) is 3.42. The highest BCUT2D eigenvalue weighted by atomic mass is 16.7. The third kappa shape index (κ3) is 5.78. The lowest BCUT2D eigenvalue weighted by atomic mass is 9.22. The Morgan fingerprint density at radius 2 is 0.739 bits per heavy atom. The predicted molar refractivity (Wildman–Crippen MR) is 186 cm³/mol. The molecule has 254 valence electrons. The van der Waals surface area contributed by atoms with E-state index in [-0.39, 0.29) is 0 Å². The number of hydrogen-bond acceptors (Lipinski definition) is 8. The number of benzene rings is 1. The zero-order valence-corrected chi connectivity index (χ0v) is 31.5. The van der Waals surface area contributed by atoms with Gasteiger partial charge in [-0.1, -0.05) is 30.3 Å². The van der Waals surface area contributed by atoms with E-state index in [1.807, 2.05) is 6.07 Å². The molecule has 0 unspecified atom stereocenters. The number of aryl methyl sites for hydroxylation is 1. The van der Waals surface area contributed by atoms with Crippen molar-refractivity contribution in [2.75, 3.05) is 0 Å². The summed E-state index contributed by atoms with van der Waals surface area (Å²) in [5, 5.41) is -1.03. The molecule has 4 heterocycles. The van der Waals surface area contributed by atoms with Gasteiger partial charge in [0.25, 0.3) is 0 Å². The van der Waals surface area contributed by atoms with Crippen molar-refractivity contribution >= 4 is 28.5 Å². The standard InChI is InChI=1S/C34H58B4O8/c1-26(2)27(3,4)40-35(39-26)25(36-41-28(5,6)29(7,8)42-36)34(23-22-24-20-18-17-19-21-24,37-43-30(9,10)31(11,12)44-37)38-45-32(13,14)33(15,16)46-38/h17-21,25H,22-23H2,1-16H3. The summed E-state index contributed by atoms with van der Waals surface area (Å²) >= 11 is 0. The Hall–Kier alpha value is -0.840. The van der Waals surface area contributed by atoms with E-state index in [1.54, 1.807) is 0 Å². The van der Waals surface area contributed by atoms with Gasteiger partial charge in [-0.3, -0.25) is 0 Å². The lowest BCUT2D eigenvalue weighted by Gasteiger charge is -2.44. The van der Waals surface area contributed by atoms with Crippen molar-refractivity contribution in [3.63, 3.8) is 0 Å². The molecule has 0 aromatic heterocycles. The summed E-state index contributed by atoms with van der Waals surface area (Å²) in [6.45, 7) is 33.2. The Morgan fingerprint density at radius 3 is 1.04 bits per heavy atom. The monoisotopic (exact) mass is 638 g/mol. The van der Waals surface area contributed by atoms with Gasteiger partial charge in [-0.05, 0) is 129 Å². The topological polar surface area (TPSA) is 73.8 Å². The highest BCUT2D eigenvalue weighted by Gasteiger charge is 2.78. The SMILES string of the molecule is CC1(C)OB(C(B2OC(C)(C)C(C)(C)O2)C(CCc2ccccc2)(B2OC(C)(C)C(C)(C)O2)B2OC(C)(C)C(C)(C)O2)OC1(C)C. The lowest BCUT2D eigenvalue weighted by molar-refractivity contribution is 0.00578. The predicted octanol–water partition coefficient (Wildman–Crippen LogP) is 7.18. The van der Waals surface area contributed by atoms with E-state index in [0.717, 1.165) is 0 Å². The molecule has 4 aliphatic heterocycles. The zero-order chi connectivity index (χ0) is 34.6. The van der Waals surface area contributed by atoms with Crippen molar-refractivity contribution in [1.82, 2.24) is 0 Å².